The molecule has 2 aromatic heterocycles. The molecular formula is C22H22N2O4S. The summed E-state index contributed by atoms with van der Waals surface area (Å²) in [4.78, 5) is 29.5. The van der Waals surface area contributed by atoms with E-state index in [0.29, 0.717) is 21.9 Å². The first-order valence-corrected chi connectivity index (χ1v) is 10.3. The average Bonchev–Trinajstić information content (AvgIpc) is 3.17. The molecule has 0 bridgehead atoms. The van der Waals surface area contributed by atoms with Crippen LogP contribution in [0.1, 0.15) is 51.6 Å². The molecule has 0 radical (unpaired) electrons. The fourth-order valence-electron chi connectivity index (χ4n) is 2.71. The topological polar surface area (TPSA) is 82.3 Å². The van der Waals surface area contributed by atoms with E-state index in [1.54, 1.807) is 37.4 Å². The molecule has 7 heteroatoms. The van der Waals surface area contributed by atoms with Gasteiger partial charge in [0.1, 0.15) is 10.8 Å². The number of aryl methyl sites for hydroxylation is 2. The van der Waals surface area contributed by atoms with Crippen molar-refractivity contribution in [2.45, 2.75) is 44.1 Å². The minimum absolute atomic E-state index is 0.239. The van der Waals surface area contributed by atoms with Crippen LogP contribution in [0.3, 0.4) is 0 Å². The maximum atomic E-state index is 12.7. The van der Waals surface area contributed by atoms with Crippen LogP contribution in [0, 0.1) is 6.92 Å². The largest absolute Gasteiger partial charge is 0.451 e. The lowest BCUT2D eigenvalue weighted by Gasteiger charge is -2.14. The number of carbonyl (C=O) groups excluding carboxylic acids is 2. The molecule has 6 nitrogen and oxygen atoms in total. The second kappa shape index (κ2) is 9.52. The first kappa shape index (κ1) is 20.8. The van der Waals surface area contributed by atoms with Crippen molar-refractivity contribution in [1.29, 1.82) is 0 Å². The van der Waals surface area contributed by atoms with Gasteiger partial charge in [-0.05, 0) is 38.0 Å². The lowest BCUT2D eigenvalue weighted by atomic mass is 10.0. The first-order chi connectivity index (χ1) is 14.0. The molecule has 3 rings (SSSR count). The van der Waals surface area contributed by atoms with E-state index in [0.717, 1.165) is 23.4 Å². The van der Waals surface area contributed by atoms with Crippen LogP contribution >= 0.6 is 11.8 Å². The highest BCUT2D eigenvalue weighted by Crippen LogP contribution is 2.25. The number of hydrogen-bond acceptors (Lipinski definition) is 7. The minimum atomic E-state index is -0.897. The smallest absolute Gasteiger partial charge is 0.341 e. The molecule has 150 valence electrons. The number of hydrogen-bond donors (Lipinski definition) is 0. The third kappa shape index (κ3) is 5.32. The lowest BCUT2D eigenvalue weighted by Crippen LogP contribution is -2.24. The summed E-state index contributed by atoms with van der Waals surface area (Å²) < 4.78 is 10.5. The Morgan fingerprint density at radius 1 is 1.21 bits per heavy atom. The third-order valence-corrected chi connectivity index (χ3v) is 5.36. The number of rotatable bonds is 8. The number of nitrogens with zero attached hydrogens (tertiary/aromatic N) is 2. The van der Waals surface area contributed by atoms with Crippen molar-refractivity contribution in [2.24, 2.45) is 0 Å². The van der Waals surface area contributed by atoms with Gasteiger partial charge >= 0.3 is 5.97 Å². The molecule has 3 aromatic rings. The van der Waals surface area contributed by atoms with Crippen molar-refractivity contribution < 1.29 is 18.8 Å². The van der Waals surface area contributed by atoms with Gasteiger partial charge in [-0.2, -0.15) is 0 Å². The second-order valence-electron chi connectivity index (χ2n) is 6.54. The van der Waals surface area contributed by atoms with Gasteiger partial charge in [-0.3, -0.25) is 4.79 Å². The van der Waals surface area contributed by atoms with Gasteiger partial charge in [0.05, 0.1) is 11.3 Å². The highest BCUT2D eigenvalue weighted by molar-refractivity contribution is 7.98. The highest BCUT2D eigenvalue weighted by atomic mass is 32.2. The summed E-state index contributed by atoms with van der Waals surface area (Å²) in [6.45, 7) is 5.45. The number of carbonyl (C=O) groups is 2. The normalized spacial score (nSPS) is 11.8. The first-order valence-electron chi connectivity index (χ1n) is 9.32. The molecule has 0 amide bonds. The van der Waals surface area contributed by atoms with Crippen molar-refractivity contribution in [2.75, 3.05) is 0 Å². The molecule has 1 aromatic carbocycles. The average molecular weight is 410 g/mol. The molecular weight excluding hydrogens is 388 g/mol. The zero-order chi connectivity index (χ0) is 20.8. The van der Waals surface area contributed by atoms with Crippen LogP contribution in [0.4, 0.5) is 0 Å². The fraction of sp³-hybridized carbons (Fsp3) is 0.273. The summed E-state index contributed by atoms with van der Waals surface area (Å²) in [7, 11) is 0. The Morgan fingerprint density at radius 2 is 1.97 bits per heavy atom. The van der Waals surface area contributed by atoms with Crippen LogP contribution in [-0.4, -0.2) is 28.0 Å². The monoisotopic (exact) mass is 410 g/mol. The quantitative estimate of drug-likeness (QED) is 0.303. The molecule has 0 saturated carbocycles. The molecule has 1 unspecified atom stereocenters. The summed E-state index contributed by atoms with van der Waals surface area (Å²) in [6.07, 6.45) is 1.61. The predicted molar refractivity (Wildman–Crippen MR) is 110 cm³/mol. The SMILES string of the molecule is CCc1ccc(C(=O)C(C)OC(=O)c2cccnc2SCc2cc(C)on2)cc1. The summed E-state index contributed by atoms with van der Waals surface area (Å²) >= 11 is 1.36. The molecule has 0 aliphatic heterocycles. The maximum absolute atomic E-state index is 12.7. The summed E-state index contributed by atoms with van der Waals surface area (Å²) in [6, 6.07) is 12.5. The molecule has 2 heterocycles. The predicted octanol–water partition coefficient (Wildman–Crippen LogP) is 4.66. The van der Waals surface area contributed by atoms with E-state index in [-0.39, 0.29) is 5.78 Å². The van der Waals surface area contributed by atoms with Gasteiger partial charge < -0.3 is 9.26 Å². The number of thioether (sulfide) groups is 1. The highest BCUT2D eigenvalue weighted by Gasteiger charge is 2.22. The van der Waals surface area contributed by atoms with E-state index >= 15 is 0 Å². The molecule has 29 heavy (non-hydrogen) atoms. The Kier molecular flexibility index (Phi) is 6.82. The van der Waals surface area contributed by atoms with Crippen molar-refractivity contribution >= 4 is 23.5 Å². The molecule has 0 aliphatic carbocycles. The van der Waals surface area contributed by atoms with Crippen molar-refractivity contribution in [3.8, 4) is 0 Å². The number of pyridine rings is 1. The van der Waals surface area contributed by atoms with E-state index in [4.69, 9.17) is 9.26 Å². The number of ether oxygens (including phenoxy) is 1. The molecule has 1 atom stereocenters. The van der Waals surface area contributed by atoms with Crippen molar-refractivity contribution in [3.05, 3.63) is 76.8 Å². The standard InChI is InChI=1S/C22H22N2O4S/c1-4-16-7-9-17(10-8-16)20(25)15(3)27-22(26)19-6-5-11-23-21(19)29-13-18-12-14(2)28-24-18/h5-12,15H,4,13H2,1-3H3. The Balaban J connectivity index is 1.67. The Labute approximate surface area is 173 Å². The molecule has 0 N–H and O–H groups in total. The van der Waals surface area contributed by atoms with Crippen LogP contribution < -0.4 is 0 Å². The Hall–Kier alpha value is -2.93. The van der Waals surface area contributed by atoms with E-state index < -0.39 is 12.1 Å². The number of esters is 1. The number of ketones is 1. The van der Waals surface area contributed by atoms with Gasteiger partial charge in [0, 0.05) is 23.6 Å². The Bertz CT molecular complexity index is 998. The van der Waals surface area contributed by atoms with Gasteiger partial charge in [0.15, 0.2) is 6.10 Å². The zero-order valence-corrected chi connectivity index (χ0v) is 17.4. The van der Waals surface area contributed by atoms with E-state index in [1.165, 1.54) is 11.8 Å². The number of aromatic nitrogens is 2. The van der Waals surface area contributed by atoms with Crippen molar-refractivity contribution in [3.63, 3.8) is 0 Å². The van der Waals surface area contributed by atoms with Gasteiger partial charge in [0.2, 0.25) is 5.78 Å². The van der Waals surface area contributed by atoms with E-state index in [9.17, 15) is 9.59 Å². The summed E-state index contributed by atoms with van der Waals surface area (Å²) in [5, 5.41) is 4.46. The number of benzene rings is 1. The van der Waals surface area contributed by atoms with Crippen LogP contribution in [0.2, 0.25) is 0 Å². The van der Waals surface area contributed by atoms with E-state index in [2.05, 4.69) is 17.1 Å². The van der Waals surface area contributed by atoms with Gasteiger partial charge in [-0.1, -0.05) is 48.1 Å². The summed E-state index contributed by atoms with van der Waals surface area (Å²) in [5.74, 6) is 0.410. The van der Waals surface area contributed by atoms with Gasteiger partial charge in [0.25, 0.3) is 0 Å². The van der Waals surface area contributed by atoms with Crippen LogP contribution in [-0.2, 0) is 16.9 Å². The third-order valence-electron chi connectivity index (χ3n) is 4.32. The van der Waals surface area contributed by atoms with Crippen molar-refractivity contribution in [1.82, 2.24) is 10.1 Å². The molecule has 0 spiro atoms. The lowest BCUT2D eigenvalue weighted by molar-refractivity contribution is 0.0314. The summed E-state index contributed by atoms with van der Waals surface area (Å²) in [5.41, 5.74) is 2.74. The minimum Gasteiger partial charge on any atom is -0.451 e. The molecule has 0 saturated heterocycles. The molecule has 0 fully saturated rings. The van der Waals surface area contributed by atoms with Crippen LogP contribution in [0.5, 0.6) is 0 Å². The van der Waals surface area contributed by atoms with Crippen LogP contribution in [0.15, 0.2) is 58.2 Å². The zero-order valence-electron chi connectivity index (χ0n) is 16.5. The van der Waals surface area contributed by atoms with Gasteiger partial charge in [-0.15, -0.1) is 0 Å². The Morgan fingerprint density at radius 3 is 2.62 bits per heavy atom. The second-order valence-corrected chi connectivity index (χ2v) is 7.50. The number of Topliss-reactive ketones (excluding diaryl/α,β-unsaturated/α-hetero) is 1. The van der Waals surface area contributed by atoms with E-state index in [1.807, 2.05) is 25.1 Å². The van der Waals surface area contributed by atoms with Gasteiger partial charge in [-0.25, -0.2) is 9.78 Å². The fourth-order valence-corrected chi connectivity index (χ4v) is 3.57. The maximum Gasteiger partial charge on any atom is 0.341 e. The van der Waals surface area contributed by atoms with Crippen LogP contribution in [0.25, 0.3) is 0 Å². The molecule has 0 aliphatic rings.